The van der Waals surface area contributed by atoms with Crippen molar-refractivity contribution < 1.29 is 13.9 Å². The normalized spacial score (nSPS) is 14.8. The van der Waals surface area contributed by atoms with Crippen LogP contribution in [0.15, 0.2) is 58.7 Å². The molecule has 2 aromatic rings. The van der Waals surface area contributed by atoms with Crippen LogP contribution in [0, 0.1) is 17.1 Å². The monoisotopic (exact) mass is 383 g/mol. The molecule has 0 bridgehead atoms. The number of nitrogens with zero attached hydrogens (tertiary/aromatic N) is 2. The number of hydrogen-bond acceptors (Lipinski definition) is 5. The van der Waals surface area contributed by atoms with Crippen molar-refractivity contribution in [3.63, 3.8) is 0 Å². The number of rotatable bonds is 3. The number of fused-ring (bicyclic) bond motifs is 1. The lowest BCUT2D eigenvalue weighted by Crippen LogP contribution is -2.14. The maximum Gasteiger partial charge on any atom is 0.350 e. The summed E-state index contributed by atoms with van der Waals surface area (Å²) >= 11 is 6.13. The van der Waals surface area contributed by atoms with Crippen molar-refractivity contribution in [2.24, 2.45) is 4.99 Å². The van der Waals surface area contributed by atoms with Crippen molar-refractivity contribution in [3.8, 4) is 6.07 Å². The molecule has 0 unspecified atom stereocenters. The highest BCUT2D eigenvalue weighted by Gasteiger charge is 2.23. The number of ether oxygens (including phenoxy) is 1. The first-order valence-corrected chi connectivity index (χ1v) is 8.59. The third-order valence-corrected chi connectivity index (χ3v) is 4.17. The van der Waals surface area contributed by atoms with Gasteiger partial charge in [-0.25, -0.2) is 9.18 Å². The van der Waals surface area contributed by atoms with Crippen LogP contribution in [0.1, 0.15) is 18.1 Å². The Morgan fingerprint density at radius 1 is 1.33 bits per heavy atom. The Bertz CT molecular complexity index is 1010. The molecule has 0 saturated carbocycles. The molecule has 0 fully saturated rings. The summed E-state index contributed by atoms with van der Waals surface area (Å²) in [4.78, 5) is 16.6. The van der Waals surface area contributed by atoms with Crippen molar-refractivity contribution in [1.29, 1.82) is 5.26 Å². The van der Waals surface area contributed by atoms with Gasteiger partial charge in [0.1, 0.15) is 11.9 Å². The quantitative estimate of drug-likeness (QED) is 0.492. The molecular formula is C20H15ClFN3O2. The minimum Gasteiger partial charge on any atom is -0.462 e. The molecular weight excluding hydrogens is 369 g/mol. The Hall–Kier alpha value is -3.17. The average molecular weight is 384 g/mol. The number of esters is 1. The van der Waals surface area contributed by atoms with Gasteiger partial charge in [0.2, 0.25) is 0 Å². The Labute approximate surface area is 160 Å². The van der Waals surface area contributed by atoms with Gasteiger partial charge >= 0.3 is 5.97 Å². The van der Waals surface area contributed by atoms with Gasteiger partial charge in [-0.3, -0.25) is 4.99 Å². The van der Waals surface area contributed by atoms with E-state index in [1.165, 1.54) is 6.07 Å². The topological polar surface area (TPSA) is 74.5 Å². The number of benzodiazepines with no additional fused rings is 1. The average Bonchev–Trinajstić information content (AvgIpc) is 2.83. The fourth-order valence-corrected chi connectivity index (χ4v) is 2.90. The van der Waals surface area contributed by atoms with E-state index in [1.807, 2.05) is 6.07 Å². The summed E-state index contributed by atoms with van der Waals surface area (Å²) in [5.74, 6) is -1.16. The van der Waals surface area contributed by atoms with Crippen LogP contribution in [0.5, 0.6) is 0 Å². The number of halogens is 2. The predicted octanol–water partition coefficient (Wildman–Crippen LogP) is 4.08. The fraction of sp³-hybridized carbons (Fsp3) is 0.150. The van der Waals surface area contributed by atoms with E-state index in [1.54, 1.807) is 43.3 Å². The molecule has 1 aliphatic heterocycles. The smallest absolute Gasteiger partial charge is 0.350 e. The maximum atomic E-state index is 14.4. The minimum absolute atomic E-state index is 0.0162. The molecule has 1 heterocycles. The van der Waals surface area contributed by atoms with Gasteiger partial charge in [-0.15, -0.1) is 0 Å². The predicted molar refractivity (Wildman–Crippen MR) is 101 cm³/mol. The van der Waals surface area contributed by atoms with Crippen LogP contribution in [-0.2, 0) is 9.53 Å². The third-order valence-electron chi connectivity index (χ3n) is 3.94. The van der Waals surface area contributed by atoms with E-state index in [2.05, 4.69) is 10.3 Å². The molecule has 0 aromatic heterocycles. The zero-order valence-corrected chi connectivity index (χ0v) is 15.2. The number of nitrogens with one attached hydrogen (secondary N) is 1. The second-order valence-electron chi connectivity index (χ2n) is 5.65. The van der Waals surface area contributed by atoms with Gasteiger partial charge in [-0.1, -0.05) is 23.7 Å². The van der Waals surface area contributed by atoms with E-state index in [4.69, 9.17) is 16.3 Å². The molecule has 0 aliphatic carbocycles. The molecule has 0 spiro atoms. The van der Waals surface area contributed by atoms with Gasteiger partial charge in [-0.2, -0.15) is 5.26 Å². The molecule has 1 aliphatic rings. The van der Waals surface area contributed by atoms with Crippen LogP contribution in [0.4, 0.5) is 10.1 Å². The van der Waals surface area contributed by atoms with Crippen molar-refractivity contribution in [2.45, 2.75) is 6.92 Å². The molecule has 0 radical (unpaired) electrons. The Kier molecular flexibility index (Phi) is 5.53. The lowest BCUT2D eigenvalue weighted by molar-refractivity contribution is -0.138. The molecule has 0 atom stereocenters. The van der Waals surface area contributed by atoms with Gasteiger partial charge < -0.3 is 10.1 Å². The lowest BCUT2D eigenvalue weighted by Gasteiger charge is -2.13. The van der Waals surface area contributed by atoms with Crippen molar-refractivity contribution in [3.05, 3.63) is 75.7 Å². The highest BCUT2D eigenvalue weighted by Crippen LogP contribution is 2.29. The largest absolute Gasteiger partial charge is 0.462 e. The SMILES string of the molecule is CCOC(=O)C(C#N)=C1CN=C(c2ccccc2F)c2cc(Cl)ccc2N1. The number of carbonyl (C=O) groups is 1. The van der Waals surface area contributed by atoms with Crippen LogP contribution in [0.3, 0.4) is 0 Å². The van der Waals surface area contributed by atoms with Crippen molar-refractivity contribution in [1.82, 2.24) is 0 Å². The first kappa shape index (κ1) is 18.6. The van der Waals surface area contributed by atoms with E-state index < -0.39 is 11.8 Å². The van der Waals surface area contributed by atoms with Gasteiger partial charge in [-0.05, 0) is 37.3 Å². The zero-order chi connectivity index (χ0) is 19.4. The number of benzene rings is 2. The number of nitriles is 1. The Morgan fingerprint density at radius 3 is 2.81 bits per heavy atom. The second-order valence-corrected chi connectivity index (χ2v) is 6.08. The van der Waals surface area contributed by atoms with Crippen molar-refractivity contribution in [2.75, 3.05) is 18.5 Å². The van der Waals surface area contributed by atoms with Gasteiger partial charge in [0.25, 0.3) is 0 Å². The van der Waals surface area contributed by atoms with Gasteiger partial charge in [0.15, 0.2) is 5.57 Å². The van der Waals surface area contributed by atoms with Crippen molar-refractivity contribution >= 4 is 29.0 Å². The summed E-state index contributed by atoms with van der Waals surface area (Å²) in [6, 6.07) is 13.1. The molecule has 7 heteroatoms. The molecule has 0 amide bonds. The standard InChI is InChI=1S/C20H15ClFN3O2/c1-2-27-20(26)15(10-23)18-11-24-19(13-5-3-4-6-16(13)22)14-9-12(21)7-8-17(14)25-18/h3-9,25H,2,11H2,1H3. The Balaban J connectivity index is 2.19. The number of aliphatic imine (C=N–C) groups is 1. The van der Waals surface area contributed by atoms with Crippen LogP contribution in [0.2, 0.25) is 5.02 Å². The molecule has 136 valence electrons. The van der Waals surface area contributed by atoms with Crippen LogP contribution >= 0.6 is 11.6 Å². The van der Waals surface area contributed by atoms with Gasteiger partial charge in [0.05, 0.1) is 24.6 Å². The first-order chi connectivity index (χ1) is 13.0. The number of hydrogen-bond donors (Lipinski definition) is 1. The van der Waals surface area contributed by atoms with E-state index in [9.17, 15) is 14.4 Å². The summed E-state index contributed by atoms with van der Waals surface area (Å²) in [7, 11) is 0. The van der Waals surface area contributed by atoms with E-state index >= 15 is 0 Å². The summed E-state index contributed by atoms with van der Waals surface area (Å²) in [6.07, 6.45) is 0. The summed E-state index contributed by atoms with van der Waals surface area (Å²) in [5, 5.41) is 12.9. The van der Waals surface area contributed by atoms with Crippen LogP contribution in [0.25, 0.3) is 0 Å². The molecule has 3 rings (SSSR count). The highest BCUT2D eigenvalue weighted by atomic mass is 35.5. The van der Waals surface area contributed by atoms with Crippen LogP contribution in [-0.4, -0.2) is 24.8 Å². The van der Waals surface area contributed by atoms with E-state index in [0.29, 0.717) is 27.5 Å². The summed E-state index contributed by atoms with van der Waals surface area (Å²) in [6.45, 7) is 1.79. The number of carbonyl (C=O) groups excluding carboxylic acids is 1. The molecule has 0 saturated heterocycles. The highest BCUT2D eigenvalue weighted by molar-refractivity contribution is 6.31. The lowest BCUT2D eigenvalue weighted by atomic mass is 10.00. The second kappa shape index (κ2) is 8.02. The molecule has 1 N–H and O–H groups in total. The summed E-state index contributed by atoms with van der Waals surface area (Å²) < 4.78 is 19.3. The van der Waals surface area contributed by atoms with E-state index in [0.717, 1.165) is 0 Å². The van der Waals surface area contributed by atoms with Crippen LogP contribution < -0.4 is 5.32 Å². The molecule has 5 nitrogen and oxygen atoms in total. The third kappa shape index (κ3) is 3.83. The first-order valence-electron chi connectivity index (χ1n) is 8.21. The number of anilines is 1. The summed E-state index contributed by atoms with van der Waals surface area (Å²) in [5.41, 5.74) is 1.94. The van der Waals surface area contributed by atoms with Gasteiger partial charge in [0, 0.05) is 21.8 Å². The fourth-order valence-electron chi connectivity index (χ4n) is 2.73. The minimum atomic E-state index is -0.734. The maximum absolute atomic E-state index is 14.4. The molecule has 27 heavy (non-hydrogen) atoms. The van der Waals surface area contributed by atoms with E-state index in [-0.39, 0.29) is 24.4 Å². The Morgan fingerprint density at radius 2 is 2.11 bits per heavy atom. The molecule has 2 aromatic carbocycles. The zero-order valence-electron chi connectivity index (χ0n) is 14.4.